The van der Waals surface area contributed by atoms with Crippen molar-refractivity contribution in [3.63, 3.8) is 0 Å². The van der Waals surface area contributed by atoms with E-state index in [9.17, 15) is 0 Å². The summed E-state index contributed by atoms with van der Waals surface area (Å²) in [5.74, 6) is 0.712. The number of rotatable bonds is 3. The molecule has 1 atom stereocenters. The van der Waals surface area contributed by atoms with Gasteiger partial charge in [0.25, 0.3) is 0 Å². The predicted molar refractivity (Wildman–Crippen MR) is 73.3 cm³/mol. The van der Waals surface area contributed by atoms with E-state index in [-0.39, 0.29) is 6.04 Å². The third kappa shape index (κ3) is 2.75. The van der Waals surface area contributed by atoms with Crippen LogP contribution < -0.4 is 5.32 Å². The van der Waals surface area contributed by atoms with Gasteiger partial charge in [0.15, 0.2) is 0 Å². The van der Waals surface area contributed by atoms with Crippen molar-refractivity contribution >= 4 is 44.7 Å². The molecule has 2 rings (SSSR count). The van der Waals surface area contributed by atoms with E-state index in [0.717, 1.165) is 4.47 Å². The summed E-state index contributed by atoms with van der Waals surface area (Å²) >= 11 is 11.1. The van der Waals surface area contributed by atoms with Crippen LogP contribution in [0.25, 0.3) is 0 Å². The lowest BCUT2D eigenvalue weighted by atomic mass is 10.2. The lowest BCUT2D eigenvalue weighted by Crippen LogP contribution is -2.07. The highest BCUT2D eigenvalue weighted by molar-refractivity contribution is 9.10. The van der Waals surface area contributed by atoms with Gasteiger partial charge in [0.05, 0.1) is 11.1 Å². The predicted octanol–water partition coefficient (Wildman–Crippen LogP) is 4.73. The summed E-state index contributed by atoms with van der Waals surface area (Å²) in [4.78, 5) is 4.24. The number of nitrogens with zero attached hydrogens (tertiary/aromatic N) is 1. The van der Waals surface area contributed by atoms with Crippen LogP contribution in [0, 0.1) is 0 Å². The second-order valence-corrected chi connectivity index (χ2v) is 5.51. The molecule has 0 spiro atoms. The van der Waals surface area contributed by atoms with Gasteiger partial charge < -0.3 is 5.32 Å². The van der Waals surface area contributed by atoms with E-state index in [1.165, 1.54) is 5.56 Å². The number of hydrogen-bond donors (Lipinski definition) is 1. The average molecular weight is 318 g/mol. The molecule has 0 aliphatic carbocycles. The van der Waals surface area contributed by atoms with Gasteiger partial charge >= 0.3 is 0 Å². The van der Waals surface area contributed by atoms with Gasteiger partial charge in [-0.3, -0.25) is 0 Å². The van der Waals surface area contributed by atoms with Crippen LogP contribution >= 0.6 is 38.9 Å². The number of nitrogens with one attached hydrogen (secondary N) is 1. The summed E-state index contributed by atoms with van der Waals surface area (Å²) in [7, 11) is 0. The smallest absolute Gasteiger partial charge is 0.145 e. The first-order valence-electron chi connectivity index (χ1n) is 4.76. The first kappa shape index (κ1) is 11.9. The molecule has 0 radical (unpaired) electrons. The Hall–Kier alpha value is -0.580. The molecular weight excluding hydrogens is 308 g/mol. The Balaban J connectivity index is 2.15. The molecule has 2 aromatic rings. The van der Waals surface area contributed by atoms with Crippen molar-refractivity contribution in [1.82, 2.24) is 4.98 Å². The van der Waals surface area contributed by atoms with Gasteiger partial charge in [0.1, 0.15) is 5.82 Å². The maximum Gasteiger partial charge on any atom is 0.145 e. The van der Waals surface area contributed by atoms with Gasteiger partial charge in [0, 0.05) is 10.7 Å². The Morgan fingerprint density at radius 3 is 3.00 bits per heavy atom. The van der Waals surface area contributed by atoms with Crippen molar-refractivity contribution in [3.05, 3.63) is 44.1 Å². The number of anilines is 1. The number of aromatic nitrogens is 1. The van der Waals surface area contributed by atoms with Gasteiger partial charge in [-0.05, 0) is 51.3 Å². The van der Waals surface area contributed by atoms with Crippen molar-refractivity contribution in [1.29, 1.82) is 0 Å². The van der Waals surface area contributed by atoms with Crippen molar-refractivity contribution < 1.29 is 0 Å². The lowest BCUT2D eigenvalue weighted by molar-refractivity contribution is 0.880. The zero-order valence-electron chi connectivity index (χ0n) is 8.58. The normalized spacial score (nSPS) is 12.4. The molecule has 2 nitrogen and oxygen atoms in total. The van der Waals surface area contributed by atoms with Crippen LogP contribution in [0.4, 0.5) is 5.82 Å². The second kappa shape index (κ2) is 5.17. The summed E-state index contributed by atoms with van der Waals surface area (Å²) in [5, 5.41) is 8.08. The van der Waals surface area contributed by atoms with Gasteiger partial charge in [0.2, 0.25) is 0 Å². The van der Waals surface area contributed by atoms with E-state index in [1.54, 1.807) is 17.5 Å². The topological polar surface area (TPSA) is 24.9 Å². The Morgan fingerprint density at radius 1 is 1.56 bits per heavy atom. The summed E-state index contributed by atoms with van der Waals surface area (Å²) in [6.45, 7) is 2.09. The fraction of sp³-hybridized carbons (Fsp3) is 0.182. The molecule has 0 aromatic carbocycles. The van der Waals surface area contributed by atoms with Crippen LogP contribution in [0.15, 0.2) is 33.6 Å². The van der Waals surface area contributed by atoms with Crippen molar-refractivity contribution in [2.24, 2.45) is 0 Å². The van der Waals surface area contributed by atoms with Crippen LogP contribution in [0.2, 0.25) is 5.02 Å². The van der Waals surface area contributed by atoms with Crippen LogP contribution in [-0.2, 0) is 0 Å². The minimum absolute atomic E-state index is 0.206. The number of hydrogen-bond acceptors (Lipinski definition) is 3. The zero-order valence-corrected chi connectivity index (χ0v) is 11.7. The van der Waals surface area contributed by atoms with Gasteiger partial charge in [-0.25, -0.2) is 4.98 Å². The van der Waals surface area contributed by atoms with E-state index in [1.807, 2.05) is 6.07 Å². The molecule has 1 unspecified atom stereocenters. The average Bonchev–Trinajstić information content (AvgIpc) is 2.75. The quantitative estimate of drug-likeness (QED) is 0.885. The fourth-order valence-corrected chi connectivity index (χ4v) is 2.77. The van der Waals surface area contributed by atoms with Crippen molar-refractivity contribution in [2.75, 3.05) is 5.32 Å². The summed E-state index contributed by atoms with van der Waals surface area (Å²) in [5.41, 5.74) is 1.24. The van der Waals surface area contributed by atoms with Gasteiger partial charge in [-0.2, -0.15) is 11.3 Å². The minimum Gasteiger partial charge on any atom is -0.362 e. The van der Waals surface area contributed by atoms with E-state index in [0.29, 0.717) is 10.8 Å². The minimum atomic E-state index is 0.206. The van der Waals surface area contributed by atoms with E-state index < -0.39 is 0 Å². The summed E-state index contributed by atoms with van der Waals surface area (Å²) in [6, 6.07) is 4.13. The highest BCUT2D eigenvalue weighted by Gasteiger charge is 2.09. The molecule has 2 aromatic heterocycles. The maximum absolute atomic E-state index is 6.08. The first-order chi connectivity index (χ1) is 7.66. The molecule has 0 saturated heterocycles. The highest BCUT2D eigenvalue weighted by Crippen LogP contribution is 2.27. The maximum atomic E-state index is 6.08. The molecule has 0 fully saturated rings. The van der Waals surface area contributed by atoms with E-state index >= 15 is 0 Å². The second-order valence-electron chi connectivity index (χ2n) is 3.41. The SMILES string of the molecule is CC(Nc1ncc(Br)cc1Cl)c1ccsc1. The monoisotopic (exact) mass is 316 g/mol. The molecule has 16 heavy (non-hydrogen) atoms. The largest absolute Gasteiger partial charge is 0.362 e. The molecule has 5 heteroatoms. The van der Waals surface area contributed by atoms with E-state index in [2.05, 4.69) is 50.0 Å². The summed E-state index contributed by atoms with van der Waals surface area (Å²) < 4.78 is 0.881. The Kier molecular flexibility index (Phi) is 3.84. The molecule has 0 amide bonds. The Bertz CT molecular complexity index is 473. The Morgan fingerprint density at radius 2 is 2.38 bits per heavy atom. The fourth-order valence-electron chi connectivity index (χ4n) is 1.33. The molecule has 84 valence electrons. The zero-order chi connectivity index (χ0) is 11.5. The molecule has 1 N–H and O–H groups in total. The number of pyridine rings is 1. The van der Waals surface area contributed by atoms with E-state index in [4.69, 9.17) is 11.6 Å². The number of halogens is 2. The third-order valence-electron chi connectivity index (χ3n) is 2.20. The molecule has 0 saturated carbocycles. The number of thiophene rings is 1. The van der Waals surface area contributed by atoms with Crippen molar-refractivity contribution in [2.45, 2.75) is 13.0 Å². The lowest BCUT2D eigenvalue weighted by Gasteiger charge is -2.14. The summed E-state index contributed by atoms with van der Waals surface area (Å²) in [6.07, 6.45) is 1.73. The van der Waals surface area contributed by atoms with Crippen LogP contribution in [0.1, 0.15) is 18.5 Å². The molecular formula is C11H10BrClN2S. The van der Waals surface area contributed by atoms with Crippen LogP contribution in [-0.4, -0.2) is 4.98 Å². The highest BCUT2D eigenvalue weighted by atomic mass is 79.9. The molecule has 0 bridgehead atoms. The van der Waals surface area contributed by atoms with Gasteiger partial charge in [-0.15, -0.1) is 0 Å². The van der Waals surface area contributed by atoms with Crippen molar-refractivity contribution in [3.8, 4) is 0 Å². The molecule has 0 aliphatic rings. The van der Waals surface area contributed by atoms with Gasteiger partial charge in [-0.1, -0.05) is 11.6 Å². The first-order valence-corrected chi connectivity index (χ1v) is 6.88. The Labute approximate surface area is 112 Å². The van der Waals surface area contributed by atoms with Crippen LogP contribution in [0.5, 0.6) is 0 Å². The van der Waals surface area contributed by atoms with Crippen LogP contribution in [0.3, 0.4) is 0 Å². The molecule has 2 heterocycles. The standard InChI is InChI=1S/C11H10BrClN2S/c1-7(8-2-3-16-6-8)15-11-10(13)4-9(12)5-14-11/h2-7H,1H3,(H,14,15). The third-order valence-corrected chi connectivity index (χ3v) is 3.63. The molecule has 0 aliphatic heterocycles.